The summed E-state index contributed by atoms with van der Waals surface area (Å²) >= 11 is 12.2. The number of nitrogens with zero attached hydrogens (tertiary/aromatic N) is 1. The number of rotatable bonds is 6. The maximum Gasteiger partial charge on any atom is 0.265 e. The van der Waals surface area contributed by atoms with Crippen LogP contribution in [0.4, 0.5) is 5.69 Å². The molecule has 28 heavy (non-hydrogen) atoms. The van der Waals surface area contributed by atoms with E-state index >= 15 is 0 Å². The molecule has 144 valence electrons. The molecule has 0 spiro atoms. The predicted molar refractivity (Wildman–Crippen MR) is 111 cm³/mol. The molecule has 1 amide bonds. The fourth-order valence-corrected chi connectivity index (χ4v) is 2.94. The Bertz CT molecular complexity index is 1050. The minimum absolute atomic E-state index is 0.196. The summed E-state index contributed by atoms with van der Waals surface area (Å²) < 4.78 is 7.10. The zero-order chi connectivity index (χ0) is 20.1. The lowest BCUT2D eigenvalue weighted by Crippen LogP contribution is -2.31. The van der Waals surface area contributed by atoms with Gasteiger partial charge in [-0.05, 0) is 36.8 Å². The van der Waals surface area contributed by atoms with Crippen LogP contribution in [-0.4, -0.2) is 16.6 Å². The molecule has 0 saturated heterocycles. The highest BCUT2D eigenvalue weighted by molar-refractivity contribution is 6.32. The third-order valence-electron chi connectivity index (χ3n) is 4.06. The van der Waals surface area contributed by atoms with Crippen molar-refractivity contribution in [3.8, 4) is 5.75 Å². The maximum absolute atomic E-state index is 12.4. The van der Waals surface area contributed by atoms with E-state index in [1.807, 2.05) is 18.2 Å². The molecule has 5 nitrogen and oxygen atoms in total. The molecule has 1 unspecified atom stereocenters. The van der Waals surface area contributed by atoms with Gasteiger partial charge in [-0.25, -0.2) is 0 Å². The summed E-state index contributed by atoms with van der Waals surface area (Å²) in [7, 11) is 0. The Morgan fingerprint density at radius 1 is 1.04 bits per heavy atom. The van der Waals surface area contributed by atoms with E-state index in [2.05, 4.69) is 5.32 Å². The monoisotopic (exact) mass is 416 g/mol. The minimum Gasteiger partial charge on any atom is -0.479 e. The lowest BCUT2D eigenvalue weighted by atomic mass is 10.2. The molecule has 0 radical (unpaired) electrons. The third-order valence-corrected chi connectivity index (χ3v) is 4.74. The van der Waals surface area contributed by atoms with Gasteiger partial charge in [-0.2, -0.15) is 0 Å². The van der Waals surface area contributed by atoms with Crippen LogP contribution in [0.25, 0.3) is 0 Å². The van der Waals surface area contributed by atoms with Gasteiger partial charge >= 0.3 is 0 Å². The molecule has 7 heteroatoms. The Labute approximate surface area is 172 Å². The number of hydrogen-bond acceptors (Lipinski definition) is 3. The van der Waals surface area contributed by atoms with Gasteiger partial charge in [-0.3, -0.25) is 9.59 Å². The Morgan fingerprint density at radius 3 is 2.43 bits per heavy atom. The van der Waals surface area contributed by atoms with E-state index in [1.54, 1.807) is 49.5 Å². The van der Waals surface area contributed by atoms with Crippen molar-refractivity contribution in [1.82, 2.24) is 4.57 Å². The van der Waals surface area contributed by atoms with E-state index in [1.165, 1.54) is 10.6 Å². The van der Waals surface area contributed by atoms with Crippen molar-refractivity contribution in [2.45, 2.75) is 19.6 Å². The summed E-state index contributed by atoms with van der Waals surface area (Å²) in [4.78, 5) is 24.6. The number of carbonyl (C=O) groups excluding carboxylic acids is 1. The van der Waals surface area contributed by atoms with Gasteiger partial charge in [0.1, 0.15) is 5.75 Å². The second kappa shape index (κ2) is 8.95. The number of aromatic nitrogens is 1. The number of halogens is 2. The van der Waals surface area contributed by atoms with E-state index in [9.17, 15) is 9.59 Å². The van der Waals surface area contributed by atoms with Crippen molar-refractivity contribution in [3.05, 3.63) is 92.8 Å². The van der Waals surface area contributed by atoms with Gasteiger partial charge in [0.25, 0.3) is 11.5 Å². The molecular formula is C21H18Cl2N2O3. The molecule has 1 heterocycles. The molecule has 0 aliphatic carbocycles. The number of anilines is 1. The summed E-state index contributed by atoms with van der Waals surface area (Å²) in [5.41, 5.74) is 1.09. The third kappa shape index (κ3) is 4.94. The van der Waals surface area contributed by atoms with Crippen LogP contribution in [0.3, 0.4) is 0 Å². The molecular weight excluding hydrogens is 399 g/mol. The molecule has 0 bridgehead atoms. The van der Waals surface area contributed by atoms with Crippen LogP contribution in [0.1, 0.15) is 12.5 Å². The normalized spacial score (nSPS) is 11.7. The molecule has 0 fully saturated rings. The van der Waals surface area contributed by atoms with Crippen LogP contribution in [0.15, 0.2) is 71.7 Å². The number of benzene rings is 2. The van der Waals surface area contributed by atoms with Gasteiger partial charge in [-0.1, -0.05) is 53.5 Å². The first kappa shape index (κ1) is 20.0. The molecule has 0 saturated carbocycles. The summed E-state index contributed by atoms with van der Waals surface area (Å²) in [5, 5.41) is 3.75. The standard InChI is InChI=1S/C21H18Cl2N2O3/c1-14(28-19-9-5-4-8-18(19)23)21(27)24-16-10-11-20(26)25(13-16)12-15-6-2-3-7-17(15)22/h2-11,13-14H,12H2,1H3,(H,24,27). The maximum atomic E-state index is 12.4. The molecule has 2 aromatic carbocycles. The van der Waals surface area contributed by atoms with Gasteiger partial charge < -0.3 is 14.6 Å². The highest BCUT2D eigenvalue weighted by Crippen LogP contribution is 2.24. The molecule has 0 aliphatic heterocycles. The van der Waals surface area contributed by atoms with Gasteiger partial charge in [0.05, 0.1) is 17.3 Å². The topological polar surface area (TPSA) is 60.3 Å². The SMILES string of the molecule is CC(Oc1ccccc1Cl)C(=O)Nc1ccc(=O)n(Cc2ccccc2Cl)c1. The first-order chi connectivity index (χ1) is 13.4. The Hall–Kier alpha value is -2.76. The summed E-state index contributed by atoms with van der Waals surface area (Å²) in [6, 6.07) is 17.2. The number of ether oxygens (including phenoxy) is 1. The Kier molecular flexibility index (Phi) is 6.39. The van der Waals surface area contributed by atoms with E-state index in [4.69, 9.17) is 27.9 Å². The average molecular weight is 417 g/mol. The quantitative estimate of drug-likeness (QED) is 0.637. The van der Waals surface area contributed by atoms with Crippen LogP contribution in [-0.2, 0) is 11.3 Å². The zero-order valence-corrected chi connectivity index (χ0v) is 16.6. The van der Waals surface area contributed by atoms with Crippen molar-refractivity contribution >= 4 is 34.8 Å². The summed E-state index contributed by atoms with van der Waals surface area (Å²) in [6.07, 6.45) is 0.801. The van der Waals surface area contributed by atoms with Crippen molar-refractivity contribution < 1.29 is 9.53 Å². The molecule has 0 aliphatic rings. The highest BCUT2D eigenvalue weighted by Gasteiger charge is 2.16. The van der Waals surface area contributed by atoms with Crippen molar-refractivity contribution in [3.63, 3.8) is 0 Å². The van der Waals surface area contributed by atoms with Gasteiger partial charge in [-0.15, -0.1) is 0 Å². The lowest BCUT2D eigenvalue weighted by molar-refractivity contribution is -0.122. The fourth-order valence-electron chi connectivity index (χ4n) is 2.57. The fraction of sp³-hybridized carbons (Fsp3) is 0.143. The second-order valence-corrected chi connectivity index (χ2v) is 6.97. The zero-order valence-electron chi connectivity index (χ0n) is 15.1. The number of nitrogens with one attached hydrogen (secondary N) is 1. The Morgan fingerprint density at radius 2 is 1.71 bits per heavy atom. The molecule has 1 N–H and O–H groups in total. The number of hydrogen-bond donors (Lipinski definition) is 1. The Balaban J connectivity index is 1.72. The van der Waals surface area contributed by atoms with Crippen LogP contribution in [0.2, 0.25) is 10.0 Å². The van der Waals surface area contributed by atoms with Crippen LogP contribution in [0, 0.1) is 0 Å². The highest BCUT2D eigenvalue weighted by atomic mass is 35.5. The van der Waals surface area contributed by atoms with Crippen molar-refractivity contribution in [1.29, 1.82) is 0 Å². The van der Waals surface area contributed by atoms with Crippen molar-refractivity contribution in [2.75, 3.05) is 5.32 Å². The molecule has 3 aromatic rings. The van der Waals surface area contributed by atoms with E-state index in [-0.39, 0.29) is 11.5 Å². The summed E-state index contributed by atoms with van der Waals surface area (Å²) in [5.74, 6) is 0.0679. The van der Waals surface area contributed by atoms with Gasteiger partial charge in [0.2, 0.25) is 0 Å². The molecule has 3 rings (SSSR count). The van der Waals surface area contributed by atoms with E-state index < -0.39 is 6.10 Å². The van der Waals surface area contributed by atoms with Crippen LogP contribution >= 0.6 is 23.2 Å². The summed E-state index contributed by atoms with van der Waals surface area (Å²) in [6.45, 7) is 1.92. The second-order valence-electron chi connectivity index (χ2n) is 6.16. The van der Waals surface area contributed by atoms with Gasteiger partial charge in [0, 0.05) is 17.3 Å². The largest absolute Gasteiger partial charge is 0.479 e. The number of para-hydroxylation sites is 1. The first-order valence-electron chi connectivity index (χ1n) is 8.60. The van der Waals surface area contributed by atoms with Gasteiger partial charge in [0.15, 0.2) is 6.10 Å². The first-order valence-corrected chi connectivity index (χ1v) is 9.35. The minimum atomic E-state index is -0.774. The lowest BCUT2D eigenvalue weighted by Gasteiger charge is -2.16. The molecule has 1 atom stereocenters. The average Bonchev–Trinajstić information content (AvgIpc) is 2.68. The predicted octanol–water partition coefficient (Wildman–Crippen LogP) is 4.61. The number of amides is 1. The number of pyridine rings is 1. The smallest absolute Gasteiger partial charge is 0.265 e. The van der Waals surface area contributed by atoms with Crippen molar-refractivity contribution in [2.24, 2.45) is 0 Å². The number of carbonyl (C=O) groups is 1. The van der Waals surface area contributed by atoms with E-state index in [0.29, 0.717) is 28.0 Å². The molecule has 1 aromatic heterocycles. The van der Waals surface area contributed by atoms with Crippen LogP contribution in [0.5, 0.6) is 5.75 Å². The van der Waals surface area contributed by atoms with E-state index in [0.717, 1.165) is 5.56 Å². The van der Waals surface area contributed by atoms with Crippen LogP contribution < -0.4 is 15.6 Å².